The molecule has 1 fully saturated rings. The molecular weight excluding hydrogens is 216 g/mol. The van der Waals surface area contributed by atoms with Crippen LogP contribution in [-0.2, 0) is 4.79 Å². The molecule has 4 heteroatoms. The third-order valence-electron chi connectivity index (χ3n) is 3.25. The van der Waals surface area contributed by atoms with Gasteiger partial charge in [-0.25, -0.2) is 0 Å². The zero-order valence-corrected chi connectivity index (χ0v) is 11.1. The number of nitrogens with zero attached hydrogens (tertiary/aromatic N) is 2. The summed E-state index contributed by atoms with van der Waals surface area (Å²) in [6, 6.07) is -0.147. The zero-order chi connectivity index (χ0) is 13.0. The first-order valence-electron chi connectivity index (χ1n) is 6.31. The Balaban J connectivity index is 2.57. The van der Waals surface area contributed by atoms with Gasteiger partial charge in [0.1, 0.15) is 0 Å². The Kier molecular flexibility index (Phi) is 5.15. The van der Waals surface area contributed by atoms with Gasteiger partial charge in [-0.05, 0) is 27.2 Å². The second-order valence-electron chi connectivity index (χ2n) is 4.92. The van der Waals surface area contributed by atoms with Gasteiger partial charge >= 0.3 is 0 Å². The molecule has 98 valence electrons. The quantitative estimate of drug-likeness (QED) is 0.725. The van der Waals surface area contributed by atoms with Gasteiger partial charge in [-0.3, -0.25) is 9.69 Å². The highest BCUT2D eigenvalue weighted by molar-refractivity contribution is 5.81. The average Bonchev–Trinajstić information content (AvgIpc) is 2.70. The lowest BCUT2D eigenvalue weighted by molar-refractivity contribution is -0.135. The first kappa shape index (κ1) is 14.2. The van der Waals surface area contributed by atoms with E-state index in [4.69, 9.17) is 0 Å². The molecule has 1 amide bonds. The van der Waals surface area contributed by atoms with Crippen molar-refractivity contribution >= 4 is 5.91 Å². The van der Waals surface area contributed by atoms with Gasteiger partial charge in [0.2, 0.25) is 5.91 Å². The Morgan fingerprint density at radius 3 is 2.71 bits per heavy atom. The molecule has 0 aromatic heterocycles. The number of carbonyl (C=O) groups is 1. The van der Waals surface area contributed by atoms with Crippen molar-refractivity contribution in [1.29, 1.82) is 0 Å². The molecule has 17 heavy (non-hydrogen) atoms. The summed E-state index contributed by atoms with van der Waals surface area (Å²) in [7, 11) is 0. The minimum absolute atomic E-state index is 0.129. The van der Waals surface area contributed by atoms with Crippen LogP contribution < -0.4 is 0 Å². The van der Waals surface area contributed by atoms with Crippen LogP contribution in [0.2, 0.25) is 0 Å². The highest BCUT2D eigenvalue weighted by Crippen LogP contribution is 2.14. The highest BCUT2D eigenvalue weighted by Gasteiger charge is 2.30. The van der Waals surface area contributed by atoms with Gasteiger partial charge < -0.3 is 10.0 Å². The van der Waals surface area contributed by atoms with Crippen molar-refractivity contribution in [3.05, 3.63) is 12.2 Å². The lowest BCUT2D eigenvalue weighted by Gasteiger charge is -2.29. The summed E-state index contributed by atoms with van der Waals surface area (Å²) in [6.07, 6.45) is 0.492. The van der Waals surface area contributed by atoms with E-state index >= 15 is 0 Å². The van der Waals surface area contributed by atoms with Crippen molar-refractivity contribution in [1.82, 2.24) is 9.80 Å². The molecule has 0 saturated carbocycles. The van der Waals surface area contributed by atoms with Crippen molar-refractivity contribution in [3.8, 4) is 0 Å². The number of β-amino-alcohol motifs (C(OH)–C–C–N with tert-alkyl or cyclic N) is 1. The van der Waals surface area contributed by atoms with E-state index in [-0.39, 0.29) is 18.1 Å². The fraction of sp³-hybridized carbons (Fsp3) is 0.769. The van der Waals surface area contributed by atoms with Gasteiger partial charge in [0.05, 0.1) is 12.1 Å². The predicted octanol–water partition coefficient (Wildman–Crippen LogP) is 0.866. The van der Waals surface area contributed by atoms with Gasteiger partial charge in [0, 0.05) is 26.2 Å². The number of rotatable bonds is 5. The van der Waals surface area contributed by atoms with Crippen LogP contribution >= 0.6 is 0 Å². The van der Waals surface area contributed by atoms with Gasteiger partial charge in [-0.15, -0.1) is 0 Å². The summed E-state index contributed by atoms with van der Waals surface area (Å²) in [5.74, 6) is 0.129. The van der Waals surface area contributed by atoms with E-state index in [9.17, 15) is 9.90 Å². The topological polar surface area (TPSA) is 43.8 Å². The van der Waals surface area contributed by atoms with Crippen molar-refractivity contribution in [2.24, 2.45) is 0 Å². The number of hydrogen-bond acceptors (Lipinski definition) is 3. The van der Waals surface area contributed by atoms with E-state index in [2.05, 4.69) is 6.58 Å². The monoisotopic (exact) mass is 240 g/mol. The fourth-order valence-corrected chi connectivity index (χ4v) is 2.21. The third-order valence-corrected chi connectivity index (χ3v) is 3.25. The molecule has 0 aliphatic carbocycles. The van der Waals surface area contributed by atoms with E-state index in [1.165, 1.54) is 0 Å². The van der Waals surface area contributed by atoms with Crippen molar-refractivity contribution in [2.75, 3.05) is 26.2 Å². The molecular formula is C13H24N2O2. The van der Waals surface area contributed by atoms with Crippen molar-refractivity contribution in [3.63, 3.8) is 0 Å². The SMILES string of the molecule is C=C(C)CN(CC)C(=O)C(C)N1CC[C@@H](O)C1. The summed E-state index contributed by atoms with van der Waals surface area (Å²) in [5.41, 5.74) is 0.994. The summed E-state index contributed by atoms with van der Waals surface area (Å²) in [5, 5.41) is 9.49. The predicted molar refractivity (Wildman–Crippen MR) is 68.7 cm³/mol. The Labute approximate surface area is 104 Å². The molecule has 2 atom stereocenters. The lowest BCUT2D eigenvalue weighted by Crippen LogP contribution is -2.47. The van der Waals surface area contributed by atoms with Gasteiger partial charge in [0.15, 0.2) is 0 Å². The Bertz CT molecular complexity index is 291. The Morgan fingerprint density at radius 2 is 2.29 bits per heavy atom. The maximum atomic E-state index is 12.3. The van der Waals surface area contributed by atoms with Gasteiger partial charge in [-0.1, -0.05) is 12.2 Å². The standard InChI is InChI=1S/C13H24N2O2/c1-5-14(8-10(2)3)13(17)11(4)15-7-6-12(16)9-15/h11-12,16H,2,5-9H2,1,3-4H3/t11?,12-/m1/s1. The largest absolute Gasteiger partial charge is 0.392 e. The minimum Gasteiger partial charge on any atom is -0.392 e. The van der Waals surface area contributed by atoms with Crippen LogP contribution in [0.4, 0.5) is 0 Å². The first-order chi connectivity index (χ1) is 7.95. The maximum absolute atomic E-state index is 12.3. The smallest absolute Gasteiger partial charge is 0.239 e. The highest BCUT2D eigenvalue weighted by atomic mass is 16.3. The Morgan fingerprint density at radius 1 is 1.65 bits per heavy atom. The second-order valence-corrected chi connectivity index (χ2v) is 4.92. The zero-order valence-electron chi connectivity index (χ0n) is 11.1. The number of likely N-dealkylation sites (N-methyl/N-ethyl adjacent to an activating group) is 1. The second kappa shape index (κ2) is 6.17. The molecule has 1 heterocycles. The van der Waals surface area contributed by atoms with Crippen LogP contribution in [0.3, 0.4) is 0 Å². The van der Waals surface area contributed by atoms with Gasteiger partial charge in [-0.2, -0.15) is 0 Å². The molecule has 0 aromatic carbocycles. The van der Waals surface area contributed by atoms with E-state index in [1.807, 2.05) is 30.6 Å². The number of likely N-dealkylation sites (tertiary alicyclic amines) is 1. The molecule has 0 radical (unpaired) electrons. The van der Waals surface area contributed by atoms with E-state index in [0.29, 0.717) is 19.6 Å². The molecule has 1 rings (SSSR count). The summed E-state index contributed by atoms with van der Waals surface area (Å²) < 4.78 is 0. The van der Waals surface area contributed by atoms with Crippen LogP contribution in [0.25, 0.3) is 0 Å². The van der Waals surface area contributed by atoms with Crippen LogP contribution in [-0.4, -0.2) is 59.1 Å². The van der Waals surface area contributed by atoms with Crippen LogP contribution in [0.1, 0.15) is 27.2 Å². The number of carbonyl (C=O) groups excluding carboxylic acids is 1. The number of aliphatic hydroxyl groups excluding tert-OH is 1. The Hall–Kier alpha value is -0.870. The third kappa shape index (κ3) is 3.82. The lowest BCUT2D eigenvalue weighted by atomic mass is 10.2. The molecule has 0 aromatic rings. The number of aliphatic hydroxyl groups is 1. The fourth-order valence-electron chi connectivity index (χ4n) is 2.21. The first-order valence-corrected chi connectivity index (χ1v) is 6.31. The van der Waals surface area contributed by atoms with Gasteiger partial charge in [0.25, 0.3) is 0 Å². The molecule has 1 N–H and O–H groups in total. The number of hydrogen-bond donors (Lipinski definition) is 1. The molecule has 1 aliphatic rings. The molecule has 1 aliphatic heterocycles. The maximum Gasteiger partial charge on any atom is 0.239 e. The minimum atomic E-state index is -0.276. The van der Waals surface area contributed by atoms with Crippen LogP contribution in [0, 0.1) is 0 Å². The van der Waals surface area contributed by atoms with Crippen molar-refractivity contribution < 1.29 is 9.90 Å². The summed E-state index contributed by atoms with van der Waals surface area (Å²) in [4.78, 5) is 16.1. The molecule has 1 unspecified atom stereocenters. The van der Waals surface area contributed by atoms with E-state index in [0.717, 1.165) is 18.5 Å². The number of amides is 1. The van der Waals surface area contributed by atoms with Crippen molar-refractivity contribution in [2.45, 2.75) is 39.3 Å². The molecule has 0 bridgehead atoms. The van der Waals surface area contributed by atoms with Crippen LogP contribution in [0.5, 0.6) is 0 Å². The van der Waals surface area contributed by atoms with E-state index in [1.54, 1.807) is 0 Å². The summed E-state index contributed by atoms with van der Waals surface area (Å²) >= 11 is 0. The average molecular weight is 240 g/mol. The summed E-state index contributed by atoms with van der Waals surface area (Å²) in [6.45, 7) is 12.4. The van der Waals surface area contributed by atoms with Crippen LogP contribution in [0.15, 0.2) is 12.2 Å². The normalized spacial score (nSPS) is 22.5. The molecule has 1 saturated heterocycles. The molecule has 4 nitrogen and oxygen atoms in total. The van der Waals surface area contributed by atoms with E-state index < -0.39 is 0 Å². The molecule has 0 spiro atoms.